The maximum atomic E-state index is 14.7. The Morgan fingerprint density at radius 1 is 1.08 bits per heavy atom. The Morgan fingerprint density at radius 3 is 2.28 bits per heavy atom. The van der Waals surface area contributed by atoms with Gasteiger partial charge in [-0.1, -0.05) is 26.5 Å². The van der Waals surface area contributed by atoms with Gasteiger partial charge in [0.2, 0.25) is 0 Å². The number of anilines is 2. The number of carbonyl (C=O) groups is 2. The minimum atomic E-state index is -0.827. The zero-order valence-corrected chi connectivity index (χ0v) is 23.4. The van der Waals surface area contributed by atoms with Crippen LogP contribution in [0.3, 0.4) is 0 Å². The molecule has 39 heavy (non-hydrogen) atoms. The number of hydrogen-bond donors (Lipinski definition) is 4. The molecule has 0 unspecified atom stereocenters. The number of likely N-dealkylation sites (tertiary alicyclic amines) is 1. The van der Waals surface area contributed by atoms with Crippen LogP contribution in [0.15, 0.2) is 54.4 Å². The van der Waals surface area contributed by atoms with Crippen LogP contribution in [0, 0.1) is 5.82 Å². The first-order valence-electron chi connectivity index (χ1n) is 12.7. The second-order valence-corrected chi connectivity index (χ2v) is 7.89. The lowest BCUT2D eigenvalue weighted by Crippen LogP contribution is -2.33. The highest BCUT2D eigenvalue weighted by Gasteiger charge is 2.22. The number of pyridine rings is 2. The number of carbonyl (C=O) groups excluding carboxylic acids is 2. The summed E-state index contributed by atoms with van der Waals surface area (Å²) in [5.74, 6) is -2.24. The van der Waals surface area contributed by atoms with Gasteiger partial charge in [0.1, 0.15) is 5.69 Å². The lowest BCUT2D eigenvalue weighted by atomic mass is 10.1. The minimum absolute atomic E-state index is 0.000781. The number of allylic oxidation sites excluding steroid dienone is 3. The first kappa shape index (κ1) is 32.8. The highest BCUT2D eigenvalue weighted by Crippen LogP contribution is 2.25. The Kier molecular flexibility index (Phi) is 13.9. The number of amides is 1. The minimum Gasteiger partial charge on any atom is -0.464 e. The molecule has 0 aromatic carbocycles. The molecule has 0 aliphatic carbocycles. The Bertz CT molecular complexity index is 1210. The average molecular weight is 542 g/mol. The van der Waals surface area contributed by atoms with E-state index >= 15 is 0 Å². The summed E-state index contributed by atoms with van der Waals surface area (Å²) in [6.45, 7) is 11.5. The first-order valence-corrected chi connectivity index (χ1v) is 12.7. The average Bonchev–Trinajstić information content (AvgIpc) is 2.97. The van der Waals surface area contributed by atoms with Crippen molar-refractivity contribution in [2.24, 2.45) is 5.73 Å². The molecule has 0 radical (unpaired) electrons. The van der Waals surface area contributed by atoms with Gasteiger partial charge in [0.25, 0.3) is 5.91 Å². The largest absolute Gasteiger partial charge is 0.464 e. The summed E-state index contributed by atoms with van der Waals surface area (Å²) in [5.41, 5.74) is 16.8. The molecule has 11 heteroatoms. The van der Waals surface area contributed by atoms with E-state index in [1.165, 1.54) is 19.2 Å². The van der Waals surface area contributed by atoms with Gasteiger partial charge in [0.15, 0.2) is 17.2 Å². The number of nitrogens with one attached hydrogen (secondary N) is 1. The molecule has 0 spiro atoms. The first-order chi connectivity index (χ1) is 18.8. The molecule has 0 atom stereocenters. The lowest BCUT2D eigenvalue weighted by molar-refractivity contribution is 0.0595. The molecule has 1 amide bonds. The number of hydrogen-bond acceptors (Lipinski definition) is 9. The van der Waals surface area contributed by atoms with Crippen molar-refractivity contribution in [3.05, 3.63) is 71.6 Å². The third-order valence-electron chi connectivity index (χ3n) is 5.52. The van der Waals surface area contributed by atoms with Crippen LogP contribution in [-0.4, -0.2) is 54.0 Å². The van der Waals surface area contributed by atoms with E-state index in [1.54, 1.807) is 6.08 Å². The van der Waals surface area contributed by atoms with Crippen molar-refractivity contribution >= 4 is 23.3 Å². The van der Waals surface area contributed by atoms with Gasteiger partial charge in [-0.2, -0.15) is 0 Å². The highest BCUT2D eigenvalue weighted by atomic mass is 19.1. The van der Waals surface area contributed by atoms with Gasteiger partial charge in [-0.15, -0.1) is 0 Å². The van der Waals surface area contributed by atoms with E-state index in [0.717, 1.165) is 51.2 Å². The molecule has 2 aromatic rings. The van der Waals surface area contributed by atoms with Crippen molar-refractivity contribution in [2.75, 3.05) is 38.7 Å². The van der Waals surface area contributed by atoms with Gasteiger partial charge in [-0.05, 0) is 57.5 Å². The fraction of sp³-hybridized carbons (Fsp3) is 0.357. The summed E-state index contributed by atoms with van der Waals surface area (Å²) in [6.07, 6.45) is 8.65. The Morgan fingerprint density at radius 2 is 1.72 bits per heavy atom. The maximum absolute atomic E-state index is 14.7. The molecule has 1 aliphatic heterocycles. The molecule has 7 N–H and O–H groups in total. The van der Waals surface area contributed by atoms with E-state index in [2.05, 4.69) is 37.2 Å². The molecule has 0 saturated carbocycles. The van der Waals surface area contributed by atoms with Gasteiger partial charge in [-0.3, -0.25) is 4.79 Å². The van der Waals surface area contributed by atoms with E-state index in [4.69, 9.17) is 11.5 Å². The molecule has 1 fully saturated rings. The third-order valence-corrected chi connectivity index (χ3v) is 5.52. The van der Waals surface area contributed by atoms with Gasteiger partial charge < -0.3 is 32.2 Å². The summed E-state index contributed by atoms with van der Waals surface area (Å²) in [5, 5.41) is 2.83. The normalized spacial score (nSPS) is 13.3. The summed E-state index contributed by atoms with van der Waals surface area (Å²) in [4.78, 5) is 35.5. The summed E-state index contributed by atoms with van der Waals surface area (Å²) < 4.78 is 19.3. The van der Waals surface area contributed by atoms with Crippen molar-refractivity contribution < 1.29 is 18.7 Å². The molecule has 1 aliphatic rings. The number of esters is 1. The second-order valence-electron chi connectivity index (χ2n) is 7.89. The molecule has 0 bridgehead atoms. The Hall–Kier alpha value is -4.25. The zero-order chi connectivity index (χ0) is 29.5. The molecule has 3 rings (SSSR count). The van der Waals surface area contributed by atoms with Crippen LogP contribution in [0.2, 0.25) is 0 Å². The Labute approximate surface area is 229 Å². The van der Waals surface area contributed by atoms with E-state index in [0.29, 0.717) is 5.70 Å². The van der Waals surface area contributed by atoms with Gasteiger partial charge >= 0.3 is 5.97 Å². The standard InChI is InChI=1S/C25H29FN6O3.C2H6.CH5N/c1-4-9-20(32-12-7-6-8-13-32)18(5-2)30-24(33)22-16(27)10-11-19(29-22)21-15(26)14-17(28)23(31-21)25(34)35-3;2*1-2/h4-5,9-11,14H,2,6-8,12-13,27-28H2,1,3H3,(H,30,33);1-2H3;2H2,1H3/b9-4-,20-18-;;. The fourth-order valence-electron chi connectivity index (χ4n) is 3.79. The van der Waals surface area contributed by atoms with Gasteiger partial charge in [-0.25, -0.2) is 19.2 Å². The molecule has 1 saturated heterocycles. The van der Waals surface area contributed by atoms with E-state index in [-0.39, 0.29) is 34.2 Å². The van der Waals surface area contributed by atoms with Crippen LogP contribution >= 0.6 is 0 Å². The van der Waals surface area contributed by atoms with Crippen molar-refractivity contribution in [3.8, 4) is 11.4 Å². The van der Waals surface area contributed by atoms with Crippen LogP contribution in [-0.2, 0) is 4.74 Å². The SMILES string of the molecule is C=C/C(NC(=O)c1nc(-c2nc(C(=O)OC)c(N)cc2F)ccc1N)=C(\C=C/C)N1CCCCC1.CC.CN. The van der Waals surface area contributed by atoms with Crippen molar-refractivity contribution in [1.29, 1.82) is 0 Å². The Balaban J connectivity index is 0.00000181. The van der Waals surface area contributed by atoms with Crippen LogP contribution < -0.4 is 22.5 Å². The number of nitrogens with two attached hydrogens (primary N) is 3. The number of nitrogen functional groups attached to an aromatic ring is 2. The zero-order valence-electron chi connectivity index (χ0n) is 23.4. The molecule has 2 aromatic heterocycles. The quantitative estimate of drug-likeness (QED) is 0.299. The van der Waals surface area contributed by atoms with Crippen molar-refractivity contribution in [2.45, 2.75) is 40.0 Å². The monoisotopic (exact) mass is 541 g/mol. The van der Waals surface area contributed by atoms with Crippen molar-refractivity contribution in [1.82, 2.24) is 20.2 Å². The van der Waals surface area contributed by atoms with Crippen LogP contribution in [0.4, 0.5) is 15.8 Å². The van der Waals surface area contributed by atoms with Crippen LogP contribution in [0.1, 0.15) is 61.0 Å². The number of methoxy groups -OCH3 is 1. The third kappa shape index (κ3) is 8.37. The van der Waals surface area contributed by atoms with E-state index < -0.39 is 17.7 Å². The van der Waals surface area contributed by atoms with Crippen LogP contribution in [0.25, 0.3) is 11.4 Å². The van der Waals surface area contributed by atoms with Crippen LogP contribution in [0.5, 0.6) is 0 Å². The second kappa shape index (κ2) is 16.6. The highest BCUT2D eigenvalue weighted by molar-refractivity contribution is 5.99. The van der Waals surface area contributed by atoms with E-state index in [1.807, 2.05) is 32.9 Å². The number of nitrogens with zero attached hydrogens (tertiary/aromatic N) is 3. The summed E-state index contributed by atoms with van der Waals surface area (Å²) >= 11 is 0. The van der Waals surface area contributed by atoms with Gasteiger partial charge in [0.05, 0.1) is 35.6 Å². The summed E-state index contributed by atoms with van der Waals surface area (Å²) in [7, 11) is 2.66. The van der Waals surface area contributed by atoms with Crippen molar-refractivity contribution in [3.63, 3.8) is 0 Å². The predicted octanol–water partition coefficient (Wildman–Crippen LogP) is 4.02. The molecule has 10 nitrogen and oxygen atoms in total. The number of ether oxygens (including phenoxy) is 1. The van der Waals surface area contributed by atoms with Gasteiger partial charge in [0, 0.05) is 19.2 Å². The molecular weight excluding hydrogens is 501 g/mol. The topological polar surface area (TPSA) is 162 Å². The predicted molar refractivity (Wildman–Crippen MR) is 154 cm³/mol. The molecule has 3 heterocycles. The number of rotatable bonds is 7. The number of halogens is 1. The smallest absolute Gasteiger partial charge is 0.358 e. The number of piperidine rings is 1. The molecule has 212 valence electrons. The van der Waals surface area contributed by atoms with E-state index in [9.17, 15) is 14.0 Å². The summed E-state index contributed by atoms with van der Waals surface area (Å²) in [6, 6.07) is 3.77. The number of aromatic nitrogens is 2. The molecular formula is C28H40FN7O3. The maximum Gasteiger partial charge on any atom is 0.358 e. The fourth-order valence-corrected chi connectivity index (χ4v) is 3.79. The lowest BCUT2D eigenvalue weighted by Gasteiger charge is -2.31.